The van der Waals surface area contributed by atoms with Crippen LogP contribution in [0.5, 0.6) is 11.5 Å². The average Bonchev–Trinajstić information content (AvgIpc) is 2.78. The van der Waals surface area contributed by atoms with Crippen molar-refractivity contribution < 1.29 is 10.2 Å². The fraction of sp³-hybridized carbons (Fsp3) is 0.0667. The quantitative estimate of drug-likeness (QED) is 0.423. The van der Waals surface area contributed by atoms with Gasteiger partial charge in [0.05, 0.1) is 26.5 Å². The van der Waals surface area contributed by atoms with Gasteiger partial charge < -0.3 is 10.2 Å². The van der Waals surface area contributed by atoms with Crippen molar-refractivity contribution >= 4 is 59.1 Å². The highest BCUT2D eigenvalue weighted by Crippen LogP contribution is 2.42. The van der Waals surface area contributed by atoms with Crippen LogP contribution in [0.4, 0.5) is 0 Å². The van der Waals surface area contributed by atoms with Gasteiger partial charge in [0.1, 0.15) is 17.0 Å². The lowest BCUT2D eigenvalue weighted by Gasteiger charge is -2.11. The van der Waals surface area contributed by atoms with Crippen LogP contribution < -0.4 is 5.43 Å². The molecule has 22 heavy (non-hydrogen) atoms. The van der Waals surface area contributed by atoms with Crippen LogP contribution in [-0.4, -0.2) is 19.8 Å². The Balaban J connectivity index is 2.53. The van der Waals surface area contributed by atoms with Crippen molar-refractivity contribution in [1.82, 2.24) is 9.61 Å². The number of phenols is 1. The van der Waals surface area contributed by atoms with E-state index in [1.807, 2.05) is 13.0 Å². The van der Waals surface area contributed by atoms with Crippen molar-refractivity contribution in [2.75, 3.05) is 0 Å². The molecule has 0 saturated carbocycles. The number of hydrogen-bond acceptors (Lipinski definition) is 4. The smallest absolute Gasteiger partial charge is 0.206 e. The molecule has 0 bridgehead atoms. The van der Waals surface area contributed by atoms with E-state index in [1.165, 1.54) is 10.6 Å². The summed E-state index contributed by atoms with van der Waals surface area (Å²) in [7, 11) is 0. The van der Waals surface area contributed by atoms with Gasteiger partial charge in [0, 0.05) is 15.9 Å². The molecule has 0 fully saturated rings. The zero-order chi connectivity index (χ0) is 15.8. The summed E-state index contributed by atoms with van der Waals surface area (Å²) < 4.78 is 2.36. The normalized spacial score (nSPS) is 12.0. The van der Waals surface area contributed by atoms with Crippen molar-refractivity contribution in [2.24, 2.45) is 0 Å². The molecule has 4 aromatic rings. The van der Waals surface area contributed by atoms with Gasteiger partial charge in [-0.05, 0) is 50.9 Å². The molecule has 0 aliphatic heterocycles. The van der Waals surface area contributed by atoms with E-state index in [9.17, 15) is 15.0 Å². The highest BCUT2D eigenvalue weighted by molar-refractivity contribution is 9.11. The third kappa shape index (κ3) is 1.52. The number of rotatable bonds is 0. The van der Waals surface area contributed by atoms with Gasteiger partial charge in [-0.1, -0.05) is 0 Å². The van der Waals surface area contributed by atoms with Gasteiger partial charge in [0.2, 0.25) is 5.43 Å². The molecule has 0 saturated heterocycles. The molecule has 0 spiro atoms. The molecule has 2 aromatic heterocycles. The summed E-state index contributed by atoms with van der Waals surface area (Å²) in [6, 6.07) is 5.01. The Hall–Kier alpha value is -1.86. The molecule has 0 amide bonds. The first-order chi connectivity index (χ1) is 10.4. The van der Waals surface area contributed by atoms with Crippen molar-refractivity contribution in [3.63, 3.8) is 0 Å². The van der Waals surface area contributed by atoms with Crippen LogP contribution >= 0.6 is 31.9 Å². The van der Waals surface area contributed by atoms with Gasteiger partial charge in [0.15, 0.2) is 0 Å². The zero-order valence-corrected chi connectivity index (χ0v) is 14.4. The van der Waals surface area contributed by atoms with Gasteiger partial charge in [-0.25, -0.2) is 4.52 Å². The van der Waals surface area contributed by atoms with Crippen molar-refractivity contribution in [3.8, 4) is 11.5 Å². The van der Waals surface area contributed by atoms with Gasteiger partial charge in [0.25, 0.3) is 0 Å². The molecule has 4 rings (SSSR count). The van der Waals surface area contributed by atoms with Crippen LogP contribution in [0.3, 0.4) is 0 Å². The lowest BCUT2D eigenvalue weighted by molar-refractivity contribution is 0.474. The lowest BCUT2D eigenvalue weighted by atomic mass is 10.1. The molecule has 2 aromatic carbocycles. The number of fused-ring (bicyclic) bond motifs is 2. The Labute approximate surface area is 140 Å². The van der Waals surface area contributed by atoms with E-state index in [2.05, 4.69) is 37.0 Å². The average molecular weight is 424 g/mol. The lowest BCUT2D eigenvalue weighted by Crippen LogP contribution is -2.06. The first-order valence-electron chi connectivity index (χ1n) is 6.39. The van der Waals surface area contributed by atoms with Crippen molar-refractivity contribution in [3.05, 3.63) is 43.1 Å². The Morgan fingerprint density at radius 2 is 1.82 bits per heavy atom. The van der Waals surface area contributed by atoms with Crippen LogP contribution in [0.1, 0.15) is 5.69 Å². The molecule has 0 aliphatic carbocycles. The largest absolute Gasteiger partial charge is 0.506 e. The molecule has 5 nitrogen and oxygen atoms in total. The van der Waals surface area contributed by atoms with Gasteiger partial charge >= 0.3 is 0 Å². The van der Waals surface area contributed by atoms with Crippen LogP contribution in [0.15, 0.2) is 31.9 Å². The SMILES string of the molecule is Cc1nn2c3c(O)cc(Br)c(=O)c3c(O)c3c(Br)ccc1c32. The number of benzene rings is 2. The Morgan fingerprint density at radius 3 is 2.55 bits per heavy atom. The van der Waals surface area contributed by atoms with Gasteiger partial charge in [-0.3, -0.25) is 4.79 Å². The summed E-state index contributed by atoms with van der Waals surface area (Å²) in [5.41, 5.74) is 1.22. The number of nitrogens with zero attached hydrogens (tertiary/aromatic N) is 2. The number of pyridine rings is 1. The first kappa shape index (κ1) is 13.8. The number of halogens is 2. The minimum Gasteiger partial charge on any atom is -0.506 e. The van der Waals surface area contributed by atoms with E-state index in [0.29, 0.717) is 15.4 Å². The maximum Gasteiger partial charge on any atom is 0.206 e. The number of hydrogen-bond donors (Lipinski definition) is 2. The molecule has 0 aliphatic rings. The maximum atomic E-state index is 12.4. The Kier molecular flexibility index (Phi) is 2.71. The van der Waals surface area contributed by atoms with E-state index < -0.39 is 5.43 Å². The number of phenolic OH excluding ortho intramolecular Hbond substituents is 1. The summed E-state index contributed by atoms with van der Waals surface area (Å²) in [4.78, 5) is 12.4. The molecule has 2 N–H and O–H groups in total. The summed E-state index contributed by atoms with van der Waals surface area (Å²) >= 11 is 6.53. The predicted molar refractivity (Wildman–Crippen MR) is 91.1 cm³/mol. The highest BCUT2D eigenvalue weighted by atomic mass is 79.9. The molecule has 7 heteroatoms. The molecule has 0 atom stereocenters. The second kappa shape index (κ2) is 4.33. The standard InChI is InChI=1S/C15H8Br2N2O3/c1-5-6-2-3-7(16)10-12(6)19(18-5)13-9(20)4-8(17)14(21)11(13)15(10)22/h2-4,20,22H,1H3. The number of aryl methyl sites for hydroxylation is 1. The van der Waals surface area contributed by atoms with Crippen LogP contribution in [0.25, 0.3) is 27.2 Å². The molecule has 0 radical (unpaired) electrons. The minimum absolute atomic E-state index is 0.0377. The maximum absolute atomic E-state index is 12.4. The monoisotopic (exact) mass is 422 g/mol. The van der Waals surface area contributed by atoms with E-state index in [-0.39, 0.29) is 26.9 Å². The molecule has 0 unspecified atom stereocenters. The fourth-order valence-electron chi connectivity index (χ4n) is 2.89. The third-order valence-electron chi connectivity index (χ3n) is 3.85. The highest BCUT2D eigenvalue weighted by Gasteiger charge is 2.23. The molecular weight excluding hydrogens is 416 g/mol. The van der Waals surface area contributed by atoms with E-state index in [4.69, 9.17) is 0 Å². The minimum atomic E-state index is -0.395. The Morgan fingerprint density at radius 1 is 1.09 bits per heavy atom. The molecule has 2 heterocycles. The first-order valence-corrected chi connectivity index (χ1v) is 7.97. The number of aromatic hydroxyl groups is 2. The van der Waals surface area contributed by atoms with E-state index in [0.717, 1.165) is 11.1 Å². The van der Waals surface area contributed by atoms with E-state index in [1.54, 1.807) is 6.07 Å². The van der Waals surface area contributed by atoms with Crippen LogP contribution in [-0.2, 0) is 0 Å². The molecule has 110 valence electrons. The second-order valence-electron chi connectivity index (χ2n) is 5.09. The zero-order valence-electron chi connectivity index (χ0n) is 11.2. The van der Waals surface area contributed by atoms with Crippen LogP contribution in [0, 0.1) is 6.92 Å². The summed E-state index contributed by atoms with van der Waals surface area (Å²) in [6.07, 6.45) is 0. The molecular formula is C15H8Br2N2O3. The third-order valence-corrected chi connectivity index (χ3v) is 5.10. The van der Waals surface area contributed by atoms with Gasteiger partial charge in [-0.2, -0.15) is 5.10 Å². The fourth-order valence-corrected chi connectivity index (χ4v) is 3.81. The van der Waals surface area contributed by atoms with Crippen molar-refractivity contribution in [2.45, 2.75) is 6.92 Å². The number of aromatic nitrogens is 2. The predicted octanol–water partition coefficient (Wildman–Crippen LogP) is 3.68. The van der Waals surface area contributed by atoms with E-state index >= 15 is 0 Å². The van der Waals surface area contributed by atoms with Crippen LogP contribution in [0.2, 0.25) is 0 Å². The second-order valence-corrected chi connectivity index (χ2v) is 6.80. The summed E-state index contributed by atoms with van der Waals surface area (Å²) in [5, 5.41) is 26.7. The Bertz CT molecular complexity index is 1150. The van der Waals surface area contributed by atoms with Crippen molar-refractivity contribution in [1.29, 1.82) is 0 Å². The van der Waals surface area contributed by atoms with Gasteiger partial charge in [-0.15, -0.1) is 0 Å². The topological polar surface area (TPSA) is 74.8 Å². The summed E-state index contributed by atoms with van der Waals surface area (Å²) in [6.45, 7) is 1.84. The summed E-state index contributed by atoms with van der Waals surface area (Å²) in [5.74, 6) is -0.287.